The predicted molar refractivity (Wildman–Crippen MR) is 143 cm³/mol. The number of likely N-dealkylation sites (N-methyl/N-ethyl adjacent to an activating group) is 1. The number of hydrogen-bond acceptors (Lipinski definition) is 3. The zero-order chi connectivity index (χ0) is 25.5. The smallest absolute Gasteiger partial charge is 0.258 e. The molecule has 3 atom stereocenters. The van der Waals surface area contributed by atoms with E-state index in [1.807, 2.05) is 73.7 Å². The number of benzene rings is 3. The van der Waals surface area contributed by atoms with Crippen molar-refractivity contribution >= 4 is 23.4 Å². The monoisotopic (exact) mass is 502 g/mol. The molecule has 1 aliphatic rings. The molecule has 0 spiro atoms. The minimum atomic E-state index is -0.723. The van der Waals surface area contributed by atoms with E-state index in [4.69, 9.17) is 16.3 Å². The second-order valence-electron chi connectivity index (χ2n) is 9.11. The Morgan fingerprint density at radius 3 is 2.44 bits per heavy atom. The van der Waals surface area contributed by atoms with Gasteiger partial charge in [-0.25, -0.2) is 0 Å². The van der Waals surface area contributed by atoms with Crippen molar-refractivity contribution in [3.63, 3.8) is 0 Å². The van der Waals surface area contributed by atoms with Crippen LogP contribution >= 0.6 is 11.6 Å². The van der Waals surface area contributed by atoms with Gasteiger partial charge in [0.05, 0.1) is 17.7 Å². The molecule has 1 heterocycles. The van der Waals surface area contributed by atoms with Gasteiger partial charge in [0.15, 0.2) is 0 Å². The molecule has 0 aromatic heterocycles. The molecule has 1 N–H and O–H groups in total. The number of halogens is 1. The number of para-hydroxylation sites is 1. The van der Waals surface area contributed by atoms with Crippen LogP contribution in [-0.2, 0) is 11.2 Å². The molecule has 6 heteroatoms. The van der Waals surface area contributed by atoms with Gasteiger partial charge in [0.25, 0.3) is 5.91 Å². The zero-order valence-corrected chi connectivity index (χ0v) is 21.3. The van der Waals surface area contributed by atoms with Crippen molar-refractivity contribution in [1.82, 2.24) is 10.2 Å². The molecule has 5 nitrogen and oxygen atoms in total. The van der Waals surface area contributed by atoms with Crippen molar-refractivity contribution in [3.05, 3.63) is 113 Å². The van der Waals surface area contributed by atoms with E-state index in [0.717, 1.165) is 11.1 Å². The van der Waals surface area contributed by atoms with Gasteiger partial charge in [0.1, 0.15) is 11.8 Å². The maximum absolute atomic E-state index is 13.8. The Morgan fingerprint density at radius 1 is 0.944 bits per heavy atom. The van der Waals surface area contributed by atoms with E-state index in [0.29, 0.717) is 35.6 Å². The molecule has 0 unspecified atom stereocenters. The lowest BCUT2D eigenvalue weighted by Gasteiger charge is -2.30. The van der Waals surface area contributed by atoms with Crippen LogP contribution in [0.2, 0.25) is 5.02 Å². The van der Waals surface area contributed by atoms with Crippen LogP contribution in [0.5, 0.6) is 5.75 Å². The summed E-state index contributed by atoms with van der Waals surface area (Å²) in [5.41, 5.74) is 2.32. The van der Waals surface area contributed by atoms with Crippen LogP contribution < -0.4 is 10.1 Å². The Kier molecular flexibility index (Phi) is 8.44. The number of nitrogens with one attached hydrogen (secondary N) is 1. The number of fused-ring (bicyclic) bond motifs is 1. The standard InChI is InChI=1S/C30H31ClN2O3/c1-21-11-6-8-17-26(23-14-10-15-24(31)20-23)32-29(34)27(19-22-12-4-3-5-13-22)33(2)30(35)25-16-7-9-18-28(25)36-21/h3-10,12-16,18,20-21,26-27H,11,17,19H2,1-2H3,(H,32,34)/b8-6+/t21-,26+,27-/m0/s1. The Morgan fingerprint density at radius 2 is 1.67 bits per heavy atom. The minimum Gasteiger partial charge on any atom is -0.490 e. The van der Waals surface area contributed by atoms with Crippen LogP contribution in [0, 0.1) is 0 Å². The molecule has 36 heavy (non-hydrogen) atoms. The Labute approximate surface area is 217 Å². The van der Waals surface area contributed by atoms with Crippen LogP contribution in [0.1, 0.15) is 47.3 Å². The lowest BCUT2D eigenvalue weighted by molar-refractivity contribution is -0.126. The third-order valence-electron chi connectivity index (χ3n) is 6.38. The second-order valence-corrected chi connectivity index (χ2v) is 9.54. The first-order valence-electron chi connectivity index (χ1n) is 12.2. The molecule has 186 valence electrons. The fourth-order valence-electron chi connectivity index (χ4n) is 4.38. The van der Waals surface area contributed by atoms with Crippen LogP contribution in [0.25, 0.3) is 0 Å². The molecule has 2 amide bonds. The minimum absolute atomic E-state index is 0.122. The van der Waals surface area contributed by atoms with E-state index in [2.05, 4.69) is 17.5 Å². The highest BCUT2D eigenvalue weighted by atomic mass is 35.5. The fraction of sp³-hybridized carbons (Fsp3) is 0.267. The lowest BCUT2D eigenvalue weighted by Crippen LogP contribution is -2.49. The summed E-state index contributed by atoms with van der Waals surface area (Å²) in [4.78, 5) is 29.0. The quantitative estimate of drug-likeness (QED) is 0.447. The van der Waals surface area contributed by atoms with Crippen molar-refractivity contribution in [2.45, 2.75) is 44.4 Å². The summed E-state index contributed by atoms with van der Waals surface area (Å²) >= 11 is 6.26. The third-order valence-corrected chi connectivity index (χ3v) is 6.62. The van der Waals surface area contributed by atoms with E-state index in [9.17, 15) is 9.59 Å². The summed E-state index contributed by atoms with van der Waals surface area (Å²) < 4.78 is 6.15. The van der Waals surface area contributed by atoms with E-state index < -0.39 is 6.04 Å². The van der Waals surface area contributed by atoms with E-state index in [-0.39, 0.29) is 24.0 Å². The number of carbonyl (C=O) groups is 2. The molecular weight excluding hydrogens is 472 g/mol. The van der Waals surface area contributed by atoms with Gasteiger partial charge in [0, 0.05) is 24.9 Å². The number of amides is 2. The molecule has 0 aliphatic carbocycles. The second kappa shape index (κ2) is 11.9. The largest absolute Gasteiger partial charge is 0.490 e. The van der Waals surface area contributed by atoms with Gasteiger partial charge in [-0.1, -0.05) is 78.4 Å². The Balaban J connectivity index is 1.73. The van der Waals surface area contributed by atoms with Crippen molar-refractivity contribution in [3.8, 4) is 5.75 Å². The van der Waals surface area contributed by atoms with Crippen LogP contribution in [-0.4, -0.2) is 35.9 Å². The van der Waals surface area contributed by atoms with Gasteiger partial charge >= 0.3 is 0 Å². The van der Waals surface area contributed by atoms with Gasteiger partial charge in [-0.05, 0) is 48.7 Å². The molecular formula is C30H31ClN2O3. The average molecular weight is 503 g/mol. The highest BCUT2D eigenvalue weighted by molar-refractivity contribution is 6.30. The fourth-order valence-corrected chi connectivity index (χ4v) is 4.57. The van der Waals surface area contributed by atoms with Crippen molar-refractivity contribution in [2.24, 2.45) is 0 Å². The van der Waals surface area contributed by atoms with E-state index >= 15 is 0 Å². The Bertz CT molecular complexity index is 1230. The highest BCUT2D eigenvalue weighted by Gasteiger charge is 2.31. The summed E-state index contributed by atoms with van der Waals surface area (Å²) in [6.07, 6.45) is 5.63. The van der Waals surface area contributed by atoms with Gasteiger partial charge in [-0.15, -0.1) is 0 Å². The molecule has 0 saturated carbocycles. The van der Waals surface area contributed by atoms with Crippen molar-refractivity contribution < 1.29 is 14.3 Å². The number of hydrogen-bond donors (Lipinski definition) is 1. The average Bonchev–Trinajstić information content (AvgIpc) is 2.88. The zero-order valence-electron chi connectivity index (χ0n) is 20.6. The first kappa shape index (κ1) is 25.5. The summed E-state index contributed by atoms with van der Waals surface area (Å²) in [5.74, 6) is 0.0284. The van der Waals surface area contributed by atoms with Crippen LogP contribution in [0.4, 0.5) is 0 Å². The van der Waals surface area contributed by atoms with Gasteiger partial charge < -0.3 is 15.0 Å². The molecule has 0 fully saturated rings. The third kappa shape index (κ3) is 6.35. The maximum atomic E-state index is 13.8. The Hall–Kier alpha value is -3.57. The molecule has 1 aliphatic heterocycles. The number of carbonyl (C=O) groups excluding carboxylic acids is 2. The first-order valence-corrected chi connectivity index (χ1v) is 12.6. The molecule has 4 rings (SSSR count). The summed E-state index contributed by atoms with van der Waals surface area (Å²) in [7, 11) is 1.68. The molecule has 0 radical (unpaired) electrons. The van der Waals surface area contributed by atoms with Crippen LogP contribution in [0.15, 0.2) is 91.0 Å². The summed E-state index contributed by atoms with van der Waals surface area (Å²) in [6.45, 7) is 1.98. The number of rotatable bonds is 3. The van der Waals surface area contributed by atoms with Gasteiger partial charge in [0.2, 0.25) is 5.91 Å². The number of ether oxygens (including phenoxy) is 1. The maximum Gasteiger partial charge on any atom is 0.258 e. The van der Waals surface area contributed by atoms with E-state index in [1.54, 1.807) is 19.2 Å². The molecule has 3 aromatic carbocycles. The van der Waals surface area contributed by atoms with Crippen molar-refractivity contribution in [2.75, 3.05) is 7.05 Å². The molecule has 0 saturated heterocycles. The molecule has 0 bridgehead atoms. The summed E-state index contributed by atoms with van der Waals surface area (Å²) in [6, 6.07) is 23.4. The predicted octanol–water partition coefficient (Wildman–Crippen LogP) is 6.00. The topological polar surface area (TPSA) is 58.6 Å². The lowest BCUT2D eigenvalue weighted by atomic mass is 9.99. The number of nitrogens with zero attached hydrogens (tertiary/aromatic N) is 1. The van der Waals surface area contributed by atoms with Gasteiger partial charge in [-0.2, -0.15) is 0 Å². The first-order chi connectivity index (χ1) is 17.4. The van der Waals surface area contributed by atoms with Gasteiger partial charge in [-0.3, -0.25) is 9.59 Å². The summed E-state index contributed by atoms with van der Waals surface area (Å²) in [5, 5.41) is 3.81. The SMILES string of the molecule is C[C@H]1C/C=C/C[C@H](c2cccc(Cl)c2)NC(=O)[C@H](Cc2ccccc2)N(C)C(=O)c2ccccc2O1. The normalized spacial score (nSPS) is 22.1. The van der Waals surface area contributed by atoms with Crippen molar-refractivity contribution in [1.29, 1.82) is 0 Å². The van der Waals surface area contributed by atoms with E-state index in [1.165, 1.54) is 4.90 Å². The highest BCUT2D eigenvalue weighted by Crippen LogP contribution is 2.26. The molecule has 3 aromatic rings. The van der Waals surface area contributed by atoms with Crippen LogP contribution in [0.3, 0.4) is 0 Å².